The van der Waals surface area contributed by atoms with Crippen molar-refractivity contribution in [3.8, 4) is 11.5 Å². The molecule has 0 spiro atoms. The molecule has 1 aromatic carbocycles. The number of ether oxygens (including phenoxy) is 2. The van der Waals surface area contributed by atoms with Crippen LogP contribution in [0.15, 0.2) is 18.2 Å². The zero-order chi connectivity index (χ0) is 15.7. The molecular weight excluding hydrogens is 272 g/mol. The molecule has 0 radical (unpaired) electrons. The normalized spacial score (nSPS) is 10.2. The first kappa shape index (κ1) is 17.0. The summed E-state index contributed by atoms with van der Waals surface area (Å²) in [4.78, 5) is 22.9. The lowest BCUT2D eigenvalue weighted by Crippen LogP contribution is -2.09. The Labute approximate surface area is 124 Å². The lowest BCUT2D eigenvalue weighted by atomic mass is 10.2. The van der Waals surface area contributed by atoms with Crippen LogP contribution in [0.1, 0.15) is 44.6 Å². The summed E-state index contributed by atoms with van der Waals surface area (Å²) in [5.41, 5.74) is 0.652. The van der Waals surface area contributed by atoms with Gasteiger partial charge in [-0.1, -0.05) is 6.92 Å². The number of carbonyl (C=O) groups is 2. The molecule has 0 bridgehead atoms. The second kappa shape index (κ2) is 9.00. The molecule has 0 heterocycles. The van der Waals surface area contributed by atoms with Gasteiger partial charge in [-0.2, -0.15) is 0 Å². The maximum absolute atomic E-state index is 11.6. The number of hydrogen-bond donors (Lipinski definition) is 1. The Morgan fingerprint density at radius 3 is 2.43 bits per heavy atom. The number of benzene rings is 1. The van der Waals surface area contributed by atoms with Crippen LogP contribution in [0.4, 0.5) is 0 Å². The predicted molar refractivity (Wildman–Crippen MR) is 78.2 cm³/mol. The van der Waals surface area contributed by atoms with Crippen LogP contribution in [0, 0.1) is 6.92 Å². The Morgan fingerprint density at radius 1 is 1.14 bits per heavy atom. The number of aryl methyl sites for hydroxylation is 1. The van der Waals surface area contributed by atoms with Crippen LogP contribution in [0.5, 0.6) is 11.5 Å². The van der Waals surface area contributed by atoms with Gasteiger partial charge < -0.3 is 14.6 Å². The van der Waals surface area contributed by atoms with Crippen molar-refractivity contribution in [2.75, 3.05) is 6.61 Å². The summed E-state index contributed by atoms with van der Waals surface area (Å²) in [6.45, 7) is 4.12. The summed E-state index contributed by atoms with van der Waals surface area (Å²) in [7, 11) is 0. The molecule has 116 valence electrons. The van der Waals surface area contributed by atoms with Crippen LogP contribution in [0.2, 0.25) is 0 Å². The van der Waals surface area contributed by atoms with Crippen LogP contribution >= 0.6 is 0 Å². The first-order valence-corrected chi connectivity index (χ1v) is 7.19. The zero-order valence-electron chi connectivity index (χ0n) is 12.6. The van der Waals surface area contributed by atoms with Gasteiger partial charge in [0.15, 0.2) is 0 Å². The number of unbranched alkanes of at least 4 members (excludes halogenated alkanes) is 1. The second-order valence-electron chi connectivity index (χ2n) is 4.85. The number of hydrogen-bond acceptors (Lipinski definition) is 5. The molecule has 1 aromatic rings. The average molecular weight is 294 g/mol. The fourth-order valence-electron chi connectivity index (χ4n) is 1.70. The molecule has 0 aliphatic carbocycles. The van der Waals surface area contributed by atoms with E-state index in [2.05, 4.69) is 0 Å². The van der Waals surface area contributed by atoms with Gasteiger partial charge in [-0.3, -0.25) is 9.59 Å². The third-order valence-electron chi connectivity index (χ3n) is 2.88. The number of rotatable bonds is 8. The maximum Gasteiger partial charge on any atom is 0.311 e. The molecule has 1 N–H and O–H groups in total. The van der Waals surface area contributed by atoms with Gasteiger partial charge >= 0.3 is 11.9 Å². The van der Waals surface area contributed by atoms with Crippen molar-refractivity contribution in [3.05, 3.63) is 23.8 Å². The van der Waals surface area contributed by atoms with E-state index in [0.29, 0.717) is 37.2 Å². The summed E-state index contributed by atoms with van der Waals surface area (Å²) in [5.74, 6) is 0.0134. The number of phenols is 1. The molecule has 0 saturated carbocycles. The van der Waals surface area contributed by atoms with E-state index in [1.54, 1.807) is 19.1 Å². The maximum atomic E-state index is 11.6. The summed E-state index contributed by atoms with van der Waals surface area (Å²) < 4.78 is 10.1. The minimum absolute atomic E-state index is 0.167. The molecule has 1 rings (SSSR count). The smallest absolute Gasteiger partial charge is 0.311 e. The van der Waals surface area contributed by atoms with Gasteiger partial charge in [0.05, 0.1) is 6.61 Å². The number of esters is 2. The Morgan fingerprint density at radius 2 is 1.81 bits per heavy atom. The average Bonchev–Trinajstić information content (AvgIpc) is 2.45. The van der Waals surface area contributed by atoms with Crippen molar-refractivity contribution < 1.29 is 24.2 Å². The Bertz CT molecular complexity index is 482. The highest BCUT2D eigenvalue weighted by molar-refractivity contribution is 5.72. The highest BCUT2D eigenvalue weighted by atomic mass is 16.5. The van der Waals surface area contributed by atoms with E-state index in [1.807, 2.05) is 6.92 Å². The van der Waals surface area contributed by atoms with E-state index in [-0.39, 0.29) is 24.1 Å². The van der Waals surface area contributed by atoms with E-state index in [9.17, 15) is 14.7 Å². The molecule has 0 saturated heterocycles. The first-order valence-electron chi connectivity index (χ1n) is 7.19. The molecule has 5 nitrogen and oxygen atoms in total. The predicted octanol–water partition coefficient (Wildman–Crippen LogP) is 3.12. The minimum Gasteiger partial charge on any atom is -0.508 e. The monoisotopic (exact) mass is 294 g/mol. The molecular formula is C16H22O5. The second-order valence-corrected chi connectivity index (χ2v) is 4.85. The minimum atomic E-state index is -0.345. The van der Waals surface area contributed by atoms with Crippen molar-refractivity contribution in [1.29, 1.82) is 0 Å². The van der Waals surface area contributed by atoms with Crippen molar-refractivity contribution in [1.82, 2.24) is 0 Å². The number of aromatic hydroxyl groups is 1. The molecule has 0 aromatic heterocycles. The Balaban J connectivity index is 2.22. The summed E-state index contributed by atoms with van der Waals surface area (Å²) in [6.07, 6.45) is 2.57. The van der Waals surface area contributed by atoms with Gasteiger partial charge in [-0.15, -0.1) is 0 Å². The van der Waals surface area contributed by atoms with Gasteiger partial charge in [-0.05, 0) is 49.9 Å². The standard InChI is InChI=1S/C16H22O5/c1-3-10-20-15(18)6-4-5-7-16(19)21-13-8-9-14(17)12(2)11-13/h8-9,11,17H,3-7,10H2,1-2H3. The van der Waals surface area contributed by atoms with Gasteiger partial charge in [0.25, 0.3) is 0 Å². The largest absolute Gasteiger partial charge is 0.508 e. The summed E-state index contributed by atoms with van der Waals surface area (Å²) >= 11 is 0. The molecule has 21 heavy (non-hydrogen) atoms. The topological polar surface area (TPSA) is 72.8 Å². The van der Waals surface area contributed by atoms with Crippen molar-refractivity contribution in [3.63, 3.8) is 0 Å². The van der Waals surface area contributed by atoms with Gasteiger partial charge in [0, 0.05) is 12.8 Å². The van der Waals surface area contributed by atoms with Crippen LogP contribution in [0.3, 0.4) is 0 Å². The summed E-state index contributed by atoms with van der Waals surface area (Å²) in [6, 6.07) is 4.64. The van der Waals surface area contributed by atoms with Crippen LogP contribution < -0.4 is 4.74 Å². The van der Waals surface area contributed by atoms with Crippen molar-refractivity contribution in [2.24, 2.45) is 0 Å². The molecule has 0 unspecified atom stereocenters. The molecule has 0 aliphatic heterocycles. The van der Waals surface area contributed by atoms with Crippen LogP contribution in [-0.2, 0) is 14.3 Å². The lowest BCUT2D eigenvalue weighted by molar-refractivity contribution is -0.144. The van der Waals surface area contributed by atoms with E-state index < -0.39 is 0 Å². The Kier molecular flexibility index (Phi) is 7.29. The molecule has 0 atom stereocenters. The molecule has 0 aliphatic rings. The van der Waals surface area contributed by atoms with Gasteiger partial charge in [0.1, 0.15) is 11.5 Å². The SMILES string of the molecule is CCCOC(=O)CCCCC(=O)Oc1ccc(O)c(C)c1. The molecule has 5 heteroatoms. The Hall–Kier alpha value is -2.04. The quantitative estimate of drug-likeness (QED) is 0.453. The summed E-state index contributed by atoms with van der Waals surface area (Å²) in [5, 5.41) is 9.38. The van der Waals surface area contributed by atoms with E-state index in [1.165, 1.54) is 6.07 Å². The number of carbonyl (C=O) groups excluding carboxylic acids is 2. The third-order valence-corrected chi connectivity index (χ3v) is 2.88. The lowest BCUT2D eigenvalue weighted by Gasteiger charge is -2.06. The van der Waals surface area contributed by atoms with E-state index in [4.69, 9.17) is 9.47 Å². The van der Waals surface area contributed by atoms with Crippen molar-refractivity contribution in [2.45, 2.75) is 46.0 Å². The van der Waals surface area contributed by atoms with Crippen LogP contribution in [0.25, 0.3) is 0 Å². The van der Waals surface area contributed by atoms with Gasteiger partial charge in [0.2, 0.25) is 0 Å². The van der Waals surface area contributed by atoms with Crippen LogP contribution in [-0.4, -0.2) is 23.7 Å². The fraction of sp³-hybridized carbons (Fsp3) is 0.500. The molecule has 0 amide bonds. The first-order chi connectivity index (χ1) is 10.0. The third kappa shape index (κ3) is 6.79. The van der Waals surface area contributed by atoms with Crippen molar-refractivity contribution >= 4 is 11.9 Å². The fourth-order valence-corrected chi connectivity index (χ4v) is 1.70. The highest BCUT2D eigenvalue weighted by Gasteiger charge is 2.08. The van der Waals surface area contributed by atoms with E-state index >= 15 is 0 Å². The molecule has 0 fully saturated rings. The number of phenolic OH excluding ortho intramolecular Hbond substituents is 1. The van der Waals surface area contributed by atoms with Gasteiger partial charge in [-0.25, -0.2) is 0 Å². The zero-order valence-corrected chi connectivity index (χ0v) is 12.6. The van der Waals surface area contributed by atoms with E-state index in [0.717, 1.165) is 6.42 Å². The highest BCUT2D eigenvalue weighted by Crippen LogP contribution is 2.22.